The lowest BCUT2D eigenvalue weighted by Crippen LogP contribution is -2.36. The third kappa shape index (κ3) is 5.19. The van der Waals surface area contributed by atoms with E-state index in [0.717, 1.165) is 42.2 Å². The molecule has 2 amide bonds. The van der Waals surface area contributed by atoms with Crippen LogP contribution in [0.25, 0.3) is 10.2 Å². The predicted octanol–water partition coefficient (Wildman–Crippen LogP) is 3.16. The van der Waals surface area contributed by atoms with Crippen LogP contribution in [0.15, 0.2) is 40.3 Å². The molecule has 2 aromatic heterocycles. The first-order valence-electron chi connectivity index (χ1n) is 10.3. The number of hydrogen-bond donors (Lipinski definition) is 2. The zero-order valence-corrected chi connectivity index (χ0v) is 20.1. The van der Waals surface area contributed by atoms with E-state index in [0.29, 0.717) is 21.9 Å². The molecule has 1 aliphatic rings. The molecule has 0 aliphatic heterocycles. The van der Waals surface area contributed by atoms with E-state index in [1.807, 2.05) is 30.3 Å². The fraction of sp³-hybridized carbons (Fsp3) is 0.364. The van der Waals surface area contributed by atoms with E-state index in [1.54, 1.807) is 0 Å². The van der Waals surface area contributed by atoms with Crippen LogP contribution in [0.2, 0.25) is 0 Å². The van der Waals surface area contributed by atoms with Crippen molar-refractivity contribution in [3.63, 3.8) is 0 Å². The molecule has 0 radical (unpaired) electrons. The Morgan fingerprint density at radius 2 is 2.06 bits per heavy atom. The number of aromatic nitrogens is 2. The summed E-state index contributed by atoms with van der Waals surface area (Å²) in [5.41, 5.74) is 9.88. The number of benzene rings is 1. The Labute approximate surface area is 198 Å². The molecular weight excluding hydrogens is 464 g/mol. The Hall–Kier alpha value is -2.30. The average molecular weight is 489 g/mol. The molecule has 10 heteroatoms. The van der Waals surface area contributed by atoms with Crippen LogP contribution in [0.4, 0.5) is 0 Å². The van der Waals surface area contributed by atoms with E-state index >= 15 is 0 Å². The van der Waals surface area contributed by atoms with Crippen LogP contribution in [0, 0.1) is 5.92 Å². The van der Waals surface area contributed by atoms with Crippen LogP contribution < -0.4 is 16.7 Å². The Morgan fingerprint density at radius 3 is 2.81 bits per heavy atom. The second kappa shape index (κ2) is 10.1. The van der Waals surface area contributed by atoms with Gasteiger partial charge >= 0.3 is 0 Å². The SMILES string of the molecule is CC1CCc2c(sc3nc(SCC(N)=O)n(NC(=O)CSCc4ccccc4)c(=O)c23)C1. The molecule has 1 unspecified atom stereocenters. The van der Waals surface area contributed by atoms with Crippen molar-refractivity contribution in [3.8, 4) is 0 Å². The summed E-state index contributed by atoms with van der Waals surface area (Å²) in [6.45, 7) is 2.21. The van der Waals surface area contributed by atoms with Crippen molar-refractivity contribution >= 4 is 56.9 Å². The summed E-state index contributed by atoms with van der Waals surface area (Å²) in [7, 11) is 0. The quantitative estimate of drug-likeness (QED) is 0.373. The molecule has 32 heavy (non-hydrogen) atoms. The highest BCUT2D eigenvalue weighted by Gasteiger charge is 2.25. The van der Waals surface area contributed by atoms with Gasteiger partial charge in [-0.3, -0.25) is 19.8 Å². The summed E-state index contributed by atoms with van der Waals surface area (Å²) in [6, 6.07) is 9.88. The lowest BCUT2D eigenvalue weighted by atomic mass is 9.89. The minimum atomic E-state index is -0.514. The van der Waals surface area contributed by atoms with Crippen LogP contribution in [0.1, 0.15) is 29.3 Å². The smallest absolute Gasteiger partial charge is 0.282 e. The van der Waals surface area contributed by atoms with E-state index in [2.05, 4.69) is 17.3 Å². The van der Waals surface area contributed by atoms with E-state index < -0.39 is 5.91 Å². The lowest BCUT2D eigenvalue weighted by molar-refractivity contribution is -0.116. The monoisotopic (exact) mass is 488 g/mol. The highest BCUT2D eigenvalue weighted by molar-refractivity contribution is 7.99. The number of rotatable bonds is 8. The van der Waals surface area contributed by atoms with Gasteiger partial charge in [0.05, 0.1) is 16.9 Å². The van der Waals surface area contributed by atoms with Crippen LogP contribution in [-0.2, 0) is 28.2 Å². The number of thiophene rings is 1. The molecule has 3 aromatic rings. The Kier molecular flexibility index (Phi) is 7.22. The van der Waals surface area contributed by atoms with Crippen molar-refractivity contribution in [2.45, 2.75) is 37.1 Å². The van der Waals surface area contributed by atoms with Gasteiger partial charge in [-0.15, -0.1) is 23.1 Å². The maximum atomic E-state index is 13.4. The normalized spacial score (nSPS) is 15.5. The molecular formula is C22H24N4O3S3. The summed E-state index contributed by atoms with van der Waals surface area (Å²) in [5, 5.41) is 0.854. The Morgan fingerprint density at radius 1 is 1.28 bits per heavy atom. The van der Waals surface area contributed by atoms with Gasteiger partial charge in [-0.2, -0.15) is 4.68 Å². The molecule has 7 nitrogen and oxygen atoms in total. The van der Waals surface area contributed by atoms with Crippen LogP contribution in [0.3, 0.4) is 0 Å². The van der Waals surface area contributed by atoms with Gasteiger partial charge in [-0.25, -0.2) is 4.98 Å². The summed E-state index contributed by atoms with van der Waals surface area (Å²) in [6.07, 6.45) is 2.79. The van der Waals surface area contributed by atoms with Crippen molar-refractivity contribution in [1.82, 2.24) is 9.66 Å². The molecule has 2 heterocycles. The van der Waals surface area contributed by atoms with Gasteiger partial charge < -0.3 is 5.73 Å². The van der Waals surface area contributed by atoms with Crippen LogP contribution >= 0.6 is 34.9 Å². The second-order valence-corrected chi connectivity index (χ2v) is 10.8. The van der Waals surface area contributed by atoms with Crippen molar-refractivity contribution in [2.24, 2.45) is 11.7 Å². The van der Waals surface area contributed by atoms with Crippen molar-refractivity contribution in [3.05, 3.63) is 56.7 Å². The maximum Gasteiger partial charge on any atom is 0.282 e. The number of nitrogens with one attached hydrogen (secondary N) is 1. The highest BCUT2D eigenvalue weighted by atomic mass is 32.2. The molecule has 0 saturated heterocycles. The fourth-order valence-corrected chi connectivity index (χ4v) is 6.59. The highest BCUT2D eigenvalue weighted by Crippen LogP contribution is 2.36. The second-order valence-electron chi connectivity index (χ2n) is 7.84. The zero-order chi connectivity index (χ0) is 22.7. The number of nitrogens with zero attached hydrogens (tertiary/aromatic N) is 2. The zero-order valence-electron chi connectivity index (χ0n) is 17.6. The third-order valence-corrected chi connectivity index (χ3v) is 8.34. The molecule has 1 atom stereocenters. The van der Waals surface area contributed by atoms with E-state index in [4.69, 9.17) is 5.73 Å². The van der Waals surface area contributed by atoms with E-state index in [-0.39, 0.29) is 28.1 Å². The molecule has 4 rings (SSSR count). The molecule has 3 N–H and O–H groups in total. The van der Waals surface area contributed by atoms with Crippen LogP contribution in [0.5, 0.6) is 0 Å². The standard InChI is InChI=1S/C22H24N4O3S3/c1-13-7-8-15-16(9-13)32-20-19(15)21(29)26(22(24-20)31-11-17(23)27)25-18(28)12-30-10-14-5-3-2-4-6-14/h2-6,13H,7-12H2,1H3,(H2,23,27)(H,25,28). The molecule has 1 aromatic carbocycles. The third-order valence-electron chi connectivity index (χ3n) is 5.22. The molecule has 168 valence electrons. The lowest BCUT2D eigenvalue weighted by Gasteiger charge is -2.18. The average Bonchev–Trinajstić information content (AvgIpc) is 3.12. The number of amides is 2. The molecule has 0 saturated carbocycles. The first-order valence-corrected chi connectivity index (χ1v) is 13.3. The number of nitrogens with two attached hydrogens (primary N) is 1. The summed E-state index contributed by atoms with van der Waals surface area (Å²) in [4.78, 5) is 43.9. The largest absolute Gasteiger partial charge is 0.369 e. The number of fused-ring (bicyclic) bond motifs is 3. The van der Waals surface area contributed by atoms with Crippen molar-refractivity contribution in [1.29, 1.82) is 0 Å². The summed E-state index contributed by atoms with van der Waals surface area (Å²) in [5.74, 6) is 0.618. The Balaban J connectivity index is 1.59. The number of carbonyl (C=O) groups is 2. The number of primary amides is 1. The minimum Gasteiger partial charge on any atom is -0.369 e. The number of hydrogen-bond acceptors (Lipinski definition) is 7. The molecule has 0 spiro atoms. The van der Waals surface area contributed by atoms with Gasteiger partial charge in [0.1, 0.15) is 4.83 Å². The molecule has 0 fully saturated rings. The Bertz CT molecular complexity index is 1210. The maximum absolute atomic E-state index is 13.4. The van der Waals surface area contributed by atoms with Gasteiger partial charge in [0.15, 0.2) is 5.16 Å². The van der Waals surface area contributed by atoms with Gasteiger partial charge in [-0.05, 0) is 36.3 Å². The van der Waals surface area contributed by atoms with E-state index in [9.17, 15) is 14.4 Å². The molecule has 0 bridgehead atoms. The summed E-state index contributed by atoms with van der Waals surface area (Å²) < 4.78 is 1.19. The predicted molar refractivity (Wildman–Crippen MR) is 132 cm³/mol. The first kappa shape index (κ1) is 22.9. The first-order chi connectivity index (χ1) is 15.4. The summed E-state index contributed by atoms with van der Waals surface area (Å²) >= 11 is 4.06. The number of aryl methyl sites for hydroxylation is 1. The van der Waals surface area contributed by atoms with Gasteiger partial charge in [-0.1, -0.05) is 49.0 Å². The topological polar surface area (TPSA) is 107 Å². The number of thioether (sulfide) groups is 2. The van der Waals surface area contributed by atoms with Gasteiger partial charge in [0, 0.05) is 10.6 Å². The van der Waals surface area contributed by atoms with E-state index in [1.165, 1.54) is 32.7 Å². The fourth-order valence-electron chi connectivity index (χ4n) is 3.70. The van der Waals surface area contributed by atoms with Crippen molar-refractivity contribution in [2.75, 3.05) is 16.9 Å². The van der Waals surface area contributed by atoms with Crippen molar-refractivity contribution < 1.29 is 9.59 Å². The molecule has 1 aliphatic carbocycles. The van der Waals surface area contributed by atoms with Gasteiger partial charge in [0.25, 0.3) is 5.56 Å². The van der Waals surface area contributed by atoms with Crippen LogP contribution in [-0.4, -0.2) is 33.0 Å². The minimum absolute atomic E-state index is 0.0291. The number of carbonyl (C=O) groups excluding carboxylic acids is 2. The van der Waals surface area contributed by atoms with Gasteiger partial charge in [0.2, 0.25) is 11.8 Å².